The molecule has 2 aromatic rings. The van der Waals surface area contributed by atoms with Gasteiger partial charge in [0, 0.05) is 18.7 Å². The van der Waals surface area contributed by atoms with Crippen molar-refractivity contribution in [3.63, 3.8) is 0 Å². The van der Waals surface area contributed by atoms with Gasteiger partial charge in [0.25, 0.3) is 0 Å². The zero-order valence-electron chi connectivity index (χ0n) is 16.6. The summed E-state index contributed by atoms with van der Waals surface area (Å²) in [5.74, 6) is -0.511. The standard InChI is InChI=1S/C20H21F4N5O/c1-4-5-6-19(25-3)26-17(9-10-30)18-12-29(28-27-18)13(2)15-8-7-14(11-16(15)21)20(22,23)24/h5-13H,4H2,1-3H3,(H,25,26)/b6-5+,17-9-. The third-order valence-electron chi connectivity index (χ3n) is 4.21. The van der Waals surface area contributed by atoms with E-state index in [9.17, 15) is 22.4 Å². The molecule has 1 aromatic heterocycles. The Kier molecular flexibility index (Phi) is 7.62. The van der Waals surface area contributed by atoms with Crippen molar-refractivity contribution < 1.29 is 22.4 Å². The lowest BCUT2D eigenvalue weighted by Crippen LogP contribution is -2.20. The van der Waals surface area contributed by atoms with Crippen LogP contribution in [0.5, 0.6) is 0 Å². The molecule has 1 atom stereocenters. The van der Waals surface area contributed by atoms with Gasteiger partial charge in [-0.15, -0.1) is 5.10 Å². The smallest absolute Gasteiger partial charge is 0.339 e. The van der Waals surface area contributed by atoms with Gasteiger partial charge in [-0.25, -0.2) is 9.07 Å². The molecule has 0 bridgehead atoms. The number of hydrogen-bond acceptors (Lipinski definition) is 4. The number of hydrogen-bond donors (Lipinski definition) is 1. The van der Waals surface area contributed by atoms with Gasteiger partial charge in [0.1, 0.15) is 23.6 Å². The van der Waals surface area contributed by atoms with Crippen LogP contribution in [0.15, 0.2) is 47.6 Å². The number of rotatable bonds is 7. The molecule has 0 aliphatic carbocycles. The molecular weight excluding hydrogens is 402 g/mol. The molecule has 0 radical (unpaired) electrons. The number of benzene rings is 1. The second-order valence-corrected chi connectivity index (χ2v) is 6.25. The SMILES string of the molecule is CC/C=C/C(=NC)N/C(=C\C=O)c1cn(C(C)c2ccc(C(F)(F)F)cc2F)nn1. The van der Waals surface area contributed by atoms with Gasteiger partial charge in [-0.2, -0.15) is 13.2 Å². The highest BCUT2D eigenvalue weighted by Crippen LogP contribution is 2.32. The topological polar surface area (TPSA) is 72.2 Å². The minimum atomic E-state index is -4.63. The maximum atomic E-state index is 14.3. The lowest BCUT2D eigenvalue weighted by Gasteiger charge is -2.14. The van der Waals surface area contributed by atoms with Crippen molar-refractivity contribution >= 4 is 17.8 Å². The second kappa shape index (κ2) is 9.95. The zero-order valence-corrected chi connectivity index (χ0v) is 16.6. The number of halogens is 4. The van der Waals surface area contributed by atoms with Crippen molar-refractivity contribution in [1.82, 2.24) is 20.3 Å². The molecule has 30 heavy (non-hydrogen) atoms. The van der Waals surface area contributed by atoms with E-state index in [1.165, 1.54) is 17.0 Å². The molecule has 0 amide bonds. The lowest BCUT2D eigenvalue weighted by atomic mass is 10.0. The van der Waals surface area contributed by atoms with Gasteiger partial charge in [-0.05, 0) is 31.6 Å². The highest BCUT2D eigenvalue weighted by atomic mass is 19.4. The van der Waals surface area contributed by atoms with E-state index >= 15 is 0 Å². The number of alkyl halides is 3. The Bertz CT molecular complexity index is 976. The fourth-order valence-electron chi connectivity index (χ4n) is 2.57. The van der Waals surface area contributed by atoms with Crippen LogP contribution in [0.25, 0.3) is 5.70 Å². The van der Waals surface area contributed by atoms with E-state index in [-0.39, 0.29) is 11.3 Å². The average molecular weight is 423 g/mol. The monoisotopic (exact) mass is 423 g/mol. The van der Waals surface area contributed by atoms with Crippen molar-refractivity contribution in [2.75, 3.05) is 7.05 Å². The second-order valence-electron chi connectivity index (χ2n) is 6.25. The summed E-state index contributed by atoms with van der Waals surface area (Å²) in [6, 6.07) is 1.61. The van der Waals surface area contributed by atoms with E-state index in [4.69, 9.17) is 0 Å². The Morgan fingerprint density at radius 2 is 2.10 bits per heavy atom. The summed E-state index contributed by atoms with van der Waals surface area (Å²) in [5.41, 5.74) is -0.442. The molecule has 1 heterocycles. The molecule has 160 valence electrons. The highest BCUT2D eigenvalue weighted by Gasteiger charge is 2.31. The van der Waals surface area contributed by atoms with E-state index < -0.39 is 23.6 Å². The summed E-state index contributed by atoms with van der Waals surface area (Å²) in [7, 11) is 1.58. The summed E-state index contributed by atoms with van der Waals surface area (Å²) in [6.45, 7) is 3.53. The maximum Gasteiger partial charge on any atom is 0.416 e. The highest BCUT2D eigenvalue weighted by molar-refractivity contribution is 6.00. The minimum Gasteiger partial charge on any atom is -0.339 e. The zero-order chi connectivity index (χ0) is 22.3. The van der Waals surface area contributed by atoms with Crippen LogP contribution in [0.4, 0.5) is 17.6 Å². The van der Waals surface area contributed by atoms with Crippen molar-refractivity contribution in [3.8, 4) is 0 Å². The number of allylic oxidation sites excluding steroid dienone is 2. The van der Waals surface area contributed by atoms with Crippen LogP contribution in [0.3, 0.4) is 0 Å². The molecule has 0 aliphatic heterocycles. The molecule has 1 N–H and O–H groups in total. The van der Waals surface area contributed by atoms with Gasteiger partial charge in [0.05, 0.1) is 23.5 Å². The number of carbonyl (C=O) groups is 1. The molecule has 0 saturated heterocycles. The predicted octanol–water partition coefficient (Wildman–Crippen LogP) is 4.17. The number of nitrogens with one attached hydrogen (secondary N) is 1. The van der Waals surface area contributed by atoms with Crippen molar-refractivity contribution in [1.29, 1.82) is 0 Å². The number of nitrogens with zero attached hydrogens (tertiary/aromatic N) is 4. The van der Waals surface area contributed by atoms with Crippen LogP contribution in [0, 0.1) is 5.82 Å². The van der Waals surface area contributed by atoms with Crippen LogP contribution in [-0.4, -0.2) is 34.2 Å². The van der Waals surface area contributed by atoms with Gasteiger partial charge in [-0.3, -0.25) is 9.79 Å². The third kappa shape index (κ3) is 5.62. The van der Waals surface area contributed by atoms with E-state index in [1.54, 1.807) is 20.0 Å². The fourth-order valence-corrected chi connectivity index (χ4v) is 2.57. The Morgan fingerprint density at radius 3 is 2.67 bits per heavy atom. The summed E-state index contributed by atoms with van der Waals surface area (Å²) < 4.78 is 53.8. The first kappa shape index (κ1) is 23.0. The minimum absolute atomic E-state index is 0.0232. The summed E-state index contributed by atoms with van der Waals surface area (Å²) >= 11 is 0. The lowest BCUT2D eigenvalue weighted by molar-refractivity contribution is -0.137. The molecule has 1 unspecified atom stereocenters. The van der Waals surface area contributed by atoms with E-state index in [0.717, 1.165) is 18.6 Å². The van der Waals surface area contributed by atoms with Crippen molar-refractivity contribution in [3.05, 3.63) is 65.3 Å². The first-order chi connectivity index (χ1) is 14.2. The molecule has 0 fully saturated rings. The first-order valence-corrected chi connectivity index (χ1v) is 9.05. The van der Waals surface area contributed by atoms with Crippen LogP contribution in [-0.2, 0) is 11.0 Å². The Labute approximate surface area is 171 Å². The normalized spacial score (nSPS) is 14.2. The Balaban J connectivity index is 2.30. The molecule has 6 nitrogen and oxygen atoms in total. The molecule has 0 spiro atoms. The van der Waals surface area contributed by atoms with E-state index in [1.807, 2.05) is 13.0 Å². The number of aliphatic imine (C=N–C) groups is 1. The Hall–Kier alpha value is -3.30. The molecular formula is C20H21F4N5O. The van der Waals surface area contributed by atoms with Gasteiger partial charge in [0.2, 0.25) is 0 Å². The van der Waals surface area contributed by atoms with Gasteiger partial charge in [0.15, 0.2) is 0 Å². The molecule has 0 saturated carbocycles. The molecule has 10 heteroatoms. The summed E-state index contributed by atoms with van der Waals surface area (Å²) in [6.07, 6.45) is 3.04. The quantitative estimate of drug-likeness (QED) is 0.239. The van der Waals surface area contributed by atoms with Gasteiger partial charge >= 0.3 is 6.18 Å². The predicted molar refractivity (Wildman–Crippen MR) is 105 cm³/mol. The molecule has 1 aromatic carbocycles. The van der Waals surface area contributed by atoms with Gasteiger partial charge < -0.3 is 5.32 Å². The van der Waals surface area contributed by atoms with Crippen LogP contribution < -0.4 is 5.32 Å². The number of amidine groups is 1. The van der Waals surface area contributed by atoms with Crippen molar-refractivity contribution in [2.45, 2.75) is 32.5 Å². The van der Waals surface area contributed by atoms with E-state index in [2.05, 4.69) is 20.6 Å². The largest absolute Gasteiger partial charge is 0.416 e. The first-order valence-electron chi connectivity index (χ1n) is 9.05. The maximum absolute atomic E-state index is 14.3. The molecule has 2 rings (SSSR count). The molecule has 0 aliphatic rings. The number of aldehydes is 1. The summed E-state index contributed by atoms with van der Waals surface area (Å²) in [4.78, 5) is 15.1. The average Bonchev–Trinajstić information content (AvgIpc) is 3.19. The summed E-state index contributed by atoms with van der Waals surface area (Å²) in [5, 5.41) is 10.9. The van der Waals surface area contributed by atoms with Crippen molar-refractivity contribution in [2.24, 2.45) is 4.99 Å². The fraction of sp³-hybridized carbons (Fsp3) is 0.300. The third-order valence-corrected chi connectivity index (χ3v) is 4.21. The number of carbonyl (C=O) groups excluding carboxylic acids is 1. The van der Waals surface area contributed by atoms with E-state index in [0.29, 0.717) is 23.9 Å². The van der Waals surface area contributed by atoms with Crippen LogP contribution in [0.2, 0.25) is 0 Å². The van der Waals surface area contributed by atoms with Crippen LogP contribution >= 0.6 is 0 Å². The Morgan fingerprint density at radius 1 is 1.37 bits per heavy atom. The van der Waals surface area contributed by atoms with Gasteiger partial charge in [-0.1, -0.05) is 24.3 Å². The number of aromatic nitrogens is 3. The van der Waals surface area contributed by atoms with Crippen LogP contribution in [0.1, 0.15) is 43.1 Å².